The summed E-state index contributed by atoms with van der Waals surface area (Å²) in [5.41, 5.74) is -0.940. The van der Waals surface area contributed by atoms with Gasteiger partial charge in [0.2, 0.25) is 11.8 Å². The van der Waals surface area contributed by atoms with Crippen molar-refractivity contribution >= 4 is 11.8 Å². The quantitative estimate of drug-likeness (QED) is 0.866. The summed E-state index contributed by atoms with van der Waals surface area (Å²) in [4.78, 5) is 27.7. The Morgan fingerprint density at radius 1 is 1.33 bits per heavy atom. The Bertz CT molecular complexity index is 437. The lowest BCUT2D eigenvalue weighted by atomic mass is 9.79. The SMILES string of the molecule is CCC(C)CN1C(=O)C(C)(C2CC2)NC(=O)C1C(C)(C)C. The van der Waals surface area contributed by atoms with Crippen LogP contribution in [-0.4, -0.2) is 34.8 Å². The number of amides is 2. The van der Waals surface area contributed by atoms with Gasteiger partial charge in [0.05, 0.1) is 0 Å². The van der Waals surface area contributed by atoms with Crippen LogP contribution in [0.15, 0.2) is 0 Å². The summed E-state index contributed by atoms with van der Waals surface area (Å²) < 4.78 is 0. The van der Waals surface area contributed by atoms with E-state index in [4.69, 9.17) is 0 Å². The Labute approximate surface area is 128 Å². The van der Waals surface area contributed by atoms with Crippen LogP contribution in [0, 0.1) is 17.3 Å². The maximum Gasteiger partial charge on any atom is 0.249 e. The molecule has 2 amide bonds. The number of carbonyl (C=O) groups excluding carboxylic acids is 2. The first kappa shape index (κ1) is 16.3. The summed E-state index contributed by atoms with van der Waals surface area (Å²) in [6.07, 6.45) is 3.10. The van der Waals surface area contributed by atoms with Gasteiger partial charge in [-0.2, -0.15) is 0 Å². The van der Waals surface area contributed by atoms with E-state index in [0.29, 0.717) is 18.4 Å². The Kier molecular flexibility index (Phi) is 4.11. The van der Waals surface area contributed by atoms with Crippen LogP contribution in [0.1, 0.15) is 60.8 Å². The largest absolute Gasteiger partial charge is 0.340 e. The average molecular weight is 294 g/mol. The maximum atomic E-state index is 13.1. The van der Waals surface area contributed by atoms with Crippen molar-refractivity contribution in [2.45, 2.75) is 72.4 Å². The number of piperazine rings is 1. The molecule has 2 rings (SSSR count). The lowest BCUT2D eigenvalue weighted by Gasteiger charge is -2.49. The van der Waals surface area contributed by atoms with E-state index in [1.165, 1.54) is 0 Å². The third kappa shape index (κ3) is 2.95. The maximum absolute atomic E-state index is 13.1. The third-order valence-electron chi connectivity index (χ3n) is 5.07. The fraction of sp³-hybridized carbons (Fsp3) is 0.882. The molecule has 0 aromatic carbocycles. The molecule has 21 heavy (non-hydrogen) atoms. The second-order valence-electron chi connectivity index (χ2n) is 8.21. The Hall–Kier alpha value is -1.06. The first-order chi connectivity index (χ1) is 9.61. The highest BCUT2D eigenvalue weighted by molar-refractivity contribution is 6.00. The fourth-order valence-corrected chi connectivity index (χ4v) is 3.39. The van der Waals surface area contributed by atoms with Crippen LogP contribution in [-0.2, 0) is 9.59 Å². The highest BCUT2D eigenvalue weighted by Gasteiger charge is 2.57. The minimum absolute atomic E-state index is 0.0137. The van der Waals surface area contributed by atoms with Gasteiger partial charge in [-0.25, -0.2) is 0 Å². The summed E-state index contributed by atoms with van der Waals surface area (Å²) in [5.74, 6) is 0.854. The molecule has 2 aliphatic rings. The molecule has 4 heteroatoms. The number of nitrogens with zero attached hydrogens (tertiary/aromatic N) is 1. The van der Waals surface area contributed by atoms with Gasteiger partial charge in [-0.3, -0.25) is 9.59 Å². The van der Waals surface area contributed by atoms with Crippen molar-refractivity contribution < 1.29 is 9.59 Å². The van der Waals surface area contributed by atoms with Gasteiger partial charge < -0.3 is 10.2 Å². The molecule has 1 aliphatic heterocycles. The van der Waals surface area contributed by atoms with Crippen LogP contribution in [0.25, 0.3) is 0 Å². The summed E-state index contributed by atoms with van der Waals surface area (Å²) in [6, 6.07) is -0.370. The van der Waals surface area contributed by atoms with Crippen molar-refractivity contribution in [3.05, 3.63) is 0 Å². The van der Waals surface area contributed by atoms with Crippen molar-refractivity contribution in [3.8, 4) is 0 Å². The zero-order valence-corrected chi connectivity index (χ0v) is 14.3. The standard InChI is InChI=1S/C17H30N2O2/c1-7-11(2)10-19-13(16(3,4)5)14(20)18-17(6,15(19)21)12-8-9-12/h11-13H,7-10H2,1-6H3,(H,18,20). The summed E-state index contributed by atoms with van der Waals surface area (Å²) >= 11 is 0. The molecule has 1 N–H and O–H groups in total. The molecule has 120 valence electrons. The van der Waals surface area contributed by atoms with Gasteiger partial charge in [-0.15, -0.1) is 0 Å². The van der Waals surface area contributed by atoms with Crippen LogP contribution >= 0.6 is 0 Å². The third-order valence-corrected chi connectivity index (χ3v) is 5.07. The molecule has 3 atom stereocenters. The molecular formula is C17H30N2O2. The summed E-state index contributed by atoms with van der Waals surface area (Å²) in [5, 5.41) is 3.05. The Morgan fingerprint density at radius 3 is 2.33 bits per heavy atom. The van der Waals surface area contributed by atoms with Crippen molar-refractivity contribution in [1.82, 2.24) is 10.2 Å². The monoisotopic (exact) mass is 294 g/mol. The average Bonchev–Trinajstić information content (AvgIpc) is 3.17. The van der Waals surface area contributed by atoms with Crippen molar-refractivity contribution in [3.63, 3.8) is 0 Å². The van der Waals surface area contributed by atoms with E-state index < -0.39 is 5.54 Å². The molecule has 1 heterocycles. The van der Waals surface area contributed by atoms with E-state index in [0.717, 1.165) is 19.3 Å². The topological polar surface area (TPSA) is 49.4 Å². The highest BCUT2D eigenvalue weighted by atomic mass is 16.2. The van der Waals surface area contributed by atoms with E-state index in [9.17, 15) is 9.59 Å². The van der Waals surface area contributed by atoms with E-state index in [-0.39, 0.29) is 23.3 Å². The van der Waals surface area contributed by atoms with E-state index in [1.54, 1.807) is 0 Å². The van der Waals surface area contributed by atoms with Gasteiger partial charge in [0.15, 0.2) is 0 Å². The number of hydrogen-bond acceptors (Lipinski definition) is 2. The fourth-order valence-electron chi connectivity index (χ4n) is 3.39. The molecule has 0 spiro atoms. The van der Waals surface area contributed by atoms with Gasteiger partial charge in [-0.1, -0.05) is 41.0 Å². The van der Waals surface area contributed by atoms with Crippen LogP contribution in [0.5, 0.6) is 0 Å². The lowest BCUT2D eigenvalue weighted by molar-refractivity contribution is -0.160. The highest BCUT2D eigenvalue weighted by Crippen LogP contribution is 2.43. The molecule has 1 aliphatic carbocycles. The first-order valence-electron chi connectivity index (χ1n) is 8.24. The van der Waals surface area contributed by atoms with Crippen molar-refractivity contribution in [1.29, 1.82) is 0 Å². The molecule has 4 nitrogen and oxygen atoms in total. The summed E-state index contributed by atoms with van der Waals surface area (Å²) in [6.45, 7) is 13.0. The van der Waals surface area contributed by atoms with E-state index >= 15 is 0 Å². The first-order valence-corrected chi connectivity index (χ1v) is 8.24. The number of carbonyl (C=O) groups is 2. The van der Waals surface area contributed by atoms with Gasteiger partial charge in [0.25, 0.3) is 0 Å². The van der Waals surface area contributed by atoms with Gasteiger partial charge >= 0.3 is 0 Å². The molecule has 1 saturated carbocycles. The molecule has 3 unspecified atom stereocenters. The Balaban J connectivity index is 2.34. The van der Waals surface area contributed by atoms with Crippen LogP contribution in [0.2, 0.25) is 0 Å². The van der Waals surface area contributed by atoms with Gasteiger partial charge in [-0.05, 0) is 37.0 Å². The van der Waals surface area contributed by atoms with E-state index in [2.05, 4.69) is 19.2 Å². The number of rotatable bonds is 4. The number of nitrogens with one attached hydrogen (secondary N) is 1. The summed E-state index contributed by atoms with van der Waals surface area (Å²) in [7, 11) is 0. The smallest absolute Gasteiger partial charge is 0.249 e. The molecule has 0 aromatic heterocycles. The van der Waals surface area contributed by atoms with Gasteiger partial charge in [0, 0.05) is 6.54 Å². The molecule has 1 saturated heterocycles. The Morgan fingerprint density at radius 2 is 1.90 bits per heavy atom. The molecule has 0 aromatic rings. The molecule has 0 radical (unpaired) electrons. The predicted octanol–water partition coefficient (Wildman–Crippen LogP) is 2.57. The second-order valence-corrected chi connectivity index (χ2v) is 8.21. The predicted molar refractivity (Wildman–Crippen MR) is 83.7 cm³/mol. The zero-order chi connectivity index (χ0) is 16.0. The minimum atomic E-state index is -0.688. The molecular weight excluding hydrogens is 264 g/mol. The lowest BCUT2D eigenvalue weighted by Crippen LogP contribution is -2.72. The molecule has 2 fully saturated rings. The molecule has 0 bridgehead atoms. The van der Waals surface area contributed by atoms with Crippen LogP contribution in [0.4, 0.5) is 0 Å². The zero-order valence-electron chi connectivity index (χ0n) is 14.3. The van der Waals surface area contributed by atoms with Crippen molar-refractivity contribution in [2.75, 3.05) is 6.54 Å². The van der Waals surface area contributed by atoms with Crippen LogP contribution in [0.3, 0.4) is 0 Å². The second kappa shape index (κ2) is 5.29. The van der Waals surface area contributed by atoms with E-state index in [1.807, 2.05) is 32.6 Å². The van der Waals surface area contributed by atoms with Gasteiger partial charge in [0.1, 0.15) is 11.6 Å². The normalized spacial score (nSPS) is 32.1. The van der Waals surface area contributed by atoms with Crippen LogP contribution < -0.4 is 5.32 Å². The number of hydrogen-bond donors (Lipinski definition) is 1. The van der Waals surface area contributed by atoms with Crippen molar-refractivity contribution in [2.24, 2.45) is 17.3 Å². The minimum Gasteiger partial charge on any atom is -0.340 e.